The summed E-state index contributed by atoms with van der Waals surface area (Å²) in [5, 5.41) is 3.39. The van der Waals surface area contributed by atoms with Gasteiger partial charge in [0.05, 0.1) is 12.5 Å². The number of hydrogen-bond donors (Lipinski definition) is 1. The number of rotatable bonds is 2. The second-order valence-electron chi connectivity index (χ2n) is 4.62. The lowest BCUT2D eigenvalue weighted by Gasteiger charge is -2.21. The quantitative estimate of drug-likeness (QED) is 0.679. The van der Waals surface area contributed by atoms with Gasteiger partial charge in [0.1, 0.15) is 0 Å². The van der Waals surface area contributed by atoms with Crippen LogP contribution in [0.25, 0.3) is 0 Å². The molecule has 0 aromatic heterocycles. The van der Waals surface area contributed by atoms with Gasteiger partial charge in [-0.1, -0.05) is 0 Å². The minimum atomic E-state index is 0.0243. The van der Waals surface area contributed by atoms with Crippen molar-refractivity contribution in [1.29, 1.82) is 0 Å². The Balaban J connectivity index is 1.90. The van der Waals surface area contributed by atoms with E-state index < -0.39 is 0 Å². The molecule has 1 spiro atoms. The molecule has 2 aliphatic rings. The predicted molar refractivity (Wildman–Crippen MR) is 53.9 cm³/mol. The van der Waals surface area contributed by atoms with E-state index in [0.29, 0.717) is 12.0 Å². The highest BCUT2D eigenvalue weighted by Crippen LogP contribution is 2.46. The summed E-state index contributed by atoms with van der Waals surface area (Å²) in [4.78, 5) is 11.5. The van der Waals surface area contributed by atoms with E-state index >= 15 is 0 Å². The van der Waals surface area contributed by atoms with E-state index in [-0.39, 0.29) is 11.9 Å². The van der Waals surface area contributed by atoms with Crippen LogP contribution in [0, 0.1) is 11.3 Å². The molecule has 3 heteroatoms. The second-order valence-corrected chi connectivity index (χ2v) is 4.62. The maximum atomic E-state index is 11.5. The van der Waals surface area contributed by atoms with Crippen LogP contribution in [0.15, 0.2) is 0 Å². The van der Waals surface area contributed by atoms with Crippen molar-refractivity contribution in [2.75, 3.05) is 19.7 Å². The van der Waals surface area contributed by atoms with Crippen LogP contribution in [0.4, 0.5) is 0 Å². The smallest absolute Gasteiger partial charge is 0.308 e. The van der Waals surface area contributed by atoms with Crippen LogP contribution in [0.2, 0.25) is 0 Å². The first kappa shape index (κ1) is 9.97. The minimum Gasteiger partial charge on any atom is -0.466 e. The monoisotopic (exact) mass is 197 g/mol. The highest BCUT2D eigenvalue weighted by atomic mass is 16.5. The molecule has 2 atom stereocenters. The zero-order valence-corrected chi connectivity index (χ0v) is 8.84. The van der Waals surface area contributed by atoms with Crippen LogP contribution in [0.1, 0.15) is 32.6 Å². The Morgan fingerprint density at radius 1 is 1.57 bits per heavy atom. The van der Waals surface area contributed by atoms with Gasteiger partial charge in [-0.15, -0.1) is 0 Å². The summed E-state index contributed by atoms with van der Waals surface area (Å²) in [6.45, 7) is 4.61. The molecule has 0 aromatic rings. The third-order valence-electron chi connectivity index (χ3n) is 3.65. The predicted octanol–water partition coefficient (Wildman–Crippen LogP) is 1.33. The van der Waals surface area contributed by atoms with Gasteiger partial charge in [-0.05, 0) is 44.6 Å². The van der Waals surface area contributed by atoms with Crippen molar-refractivity contribution >= 4 is 5.97 Å². The first-order valence-corrected chi connectivity index (χ1v) is 5.63. The molecule has 1 saturated carbocycles. The van der Waals surface area contributed by atoms with E-state index in [1.165, 1.54) is 12.8 Å². The fraction of sp³-hybridized carbons (Fsp3) is 0.909. The van der Waals surface area contributed by atoms with Crippen molar-refractivity contribution in [2.45, 2.75) is 32.6 Å². The zero-order chi connectivity index (χ0) is 10.0. The molecule has 2 unspecified atom stereocenters. The van der Waals surface area contributed by atoms with Gasteiger partial charge in [-0.25, -0.2) is 0 Å². The maximum Gasteiger partial charge on any atom is 0.308 e. The van der Waals surface area contributed by atoms with E-state index in [0.717, 1.165) is 25.9 Å². The van der Waals surface area contributed by atoms with Crippen LogP contribution in [0.3, 0.4) is 0 Å². The van der Waals surface area contributed by atoms with Gasteiger partial charge < -0.3 is 10.1 Å². The Morgan fingerprint density at radius 2 is 2.43 bits per heavy atom. The van der Waals surface area contributed by atoms with Gasteiger partial charge in [-0.2, -0.15) is 0 Å². The fourth-order valence-electron chi connectivity index (χ4n) is 2.85. The Bertz CT molecular complexity index is 221. The highest BCUT2D eigenvalue weighted by molar-refractivity contribution is 5.72. The molecule has 0 radical (unpaired) electrons. The number of esters is 1. The van der Waals surface area contributed by atoms with Crippen LogP contribution >= 0.6 is 0 Å². The second kappa shape index (κ2) is 3.89. The summed E-state index contributed by atoms with van der Waals surface area (Å²) >= 11 is 0. The van der Waals surface area contributed by atoms with Crippen LogP contribution in [0.5, 0.6) is 0 Å². The van der Waals surface area contributed by atoms with E-state index in [9.17, 15) is 4.79 Å². The first-order valence-electron chi connectivity index (χ1n) is 5.63. The molecule has 3 nitrogen and oxygen atoms in total. The molecule has 1 N–H and O–H groups in total. The molecule has 2 fully saturated rings. The molecule has 1 aliphatic carbocycles. The lowest BCUT2D eigenvalue weighted by atomic mass is 9.84. The van der Waals surface area contributed by atoms with E-state index in [1.807, 2.05) is 6.92 Å². The Labute approximate surface area is 85.2 Å². The van der Waals surface area contributed by atoms with Gasteiger partial charge in [0.15, 0.2) is 0 Å². The Morgan fingerprint density at radius 3 is 3.07 bits per heavy atom. The molecule has 14 heavy (non-hydrogen) atoms. The van der Waals surface area contributed by atoms with E-state index in [1.54, 1.807) is 0 Å². The van der Waals surface area contributed by atoms with Crippen molar-refractivity contribution in [3.05, 3.63) is 0 Å². The number of nitrogens with one attached hydrogen (secondary N) is 1. The zero-order valence-electron chi connectivity index (χ0n) is 8.84. The topological polar surface area (TPSA) is 38.3 Å². The summed E-state index contributed by atoms with van der Waals surface area (Å²) in [5.41, 5.74) is 0.428. The number of hydrogen-bond acceptors (Lipinski definition) is 3. The Kier molecular flexibility index (Phi) is 2.77. The average Bonchev–Trinajstić information content (AvgIpc) is 2.78. The SMILES string of the molecule is CCOC(=O)C1CCC2(CCNC2)C1. The molecule has 80 valence electrons. The summed E-state index contributed by atoms with van der Waals surface area (Å²) < 4.78 is 5.07. The largest absolute Gasteiger partial charge is 0.466 e. The molecule has 1 aliphatic heterocycles. The molecular formula is C11H19NO2. The molecule has 0 aromatic carbocycles. The Hall–Kier alpha value is -0.570. The van der Waals surface area contributed by atoms with Gasteiger partial charge in [0, 0.05) is 6.54 Å². The van der Waals surface area contributed by atoms with E-state index in [4.69, 9.17) is 4.74 Å². The van der Waals surface area contributed by atoms with Gasteiger partial charge in [0.25, 0.3) is 0 Å². The van der Waals surface area contributed by atoms with Gasteiger partial charge in [0.2, 0.25) is 0 Å². The van der Waals surface area contributed by atoms with Crippen molar-refractivity contribution < 1.29 is 9.53 Å². The molecule has 1 saturated heterocycles. The number of ether oxygens (including phenoxy) is 1. The van der Waals surface area contributed by atoms with Crippen molar-refractivity contribution in [3.63, 3.8) is 0 Å². The summed E-state index contributed by atoms with van der Waals surface area (Å²) in [7, 11) is 0. The fourth-order valence-corrected chi connectivity index (χ4v) is 2.85. The standard InChI is InChI=1S/C11H19NO2/c1-2-14-10(13)9-3-4-11(7-9)5-6-12-8-11/h9,12H,2-8H2,1H3. The lowest BCUT2D eigenvalue weighted by Crippen LogP contribution is -2.22. The number of carbonyl (C=O) groups excluding carboxylic acids is 1. The molecule has 0 amide bonds. The van der Waals surface area contributed by atoms with Crippen molar-refractivity contribution in [1.82, 2.24) is 5.32 Å². The average molecular weight is 197 g/mol. The third-order valence-corrected chi connectivity index (χ3v) is 3.65. The maximum absolute atomic E-state index is 11.5. The van der Waals surface area contributed by atoms with Crippen LogP contribution < -0.4 is 5.32 Å². The number of carbonyl (C=O) groups is 1. The summed E-state index contributed by atoms with van der Waals surface area (Å²) in [6, 6.07) is 0. The third kappa shape index (κ3) is 1.78. The highest BCUT2D eigenvalue weighted by Gasteiger charge is 2.43. The van der Waals surface area contributed by atoms with Gasteiger partial charge in [-0.3, -0.25) is 4.79 Å². The summed E-state index contributed by atoms with van der Waals surface area (Å²) in [5.74, 6) is 0.200. The van der Waals surface area contributed by atoms with Gasteiger partial charge >= 0.3 is 5.97 Å². The molecule has 0 bridgehead atoms. The van der Waals surface area contributed by atoms with Crippen LogP contribution in [-0.2, 0) is 9.53 Å². The molecule has 1 heterocycles. The van der Waals surface area contributed by atoms with Crippen molar-refractivity contribution in [3.8, 4) is 0 Å². The minimum absolute atomic E-state index is 0.0243. The molecular weight excluding hydrogens is 178 g/mol. The molecule has 2 rings (SSSR count). The first-order chi connectivity index (χ1) is 6.76. The lowest BCUT2D eigenvalue weighted by molar-refractivity contribution is -0.148. The summed E-state index contributed by atoms with van der Waals surface area (Å²) in [6.07, 6.45) is 4.51. The normalized spacial score (nSPS) is 36.5. The van der Waals surface area contributed by atoms with E-state index in [2.05, 4.69) is 5.32 Å². The van der Waals surface area contributed by atoms with Crippen molar-refractivity contribution in [2.24, 2.45) is 11.3 Å². The van der Waals surface area contributed by atoms with Crippen LogP contribution in [-0.4, -0.2) is 25.7 Å².